The topological polar surface area (TPSA) is 55.8 Å². The van der Waals surface area contributed by atoms with E-state index in [-0.39, 0.29) is 5.91 Å². The van der Waals surface area contributed by atoms with E-state index in [1.165, 1.54) is 4.90 Å². The Balaban J connectivity index is 1.13. The number of aromatic hydroxyl groups is 1. The van der Waals surface area contributed by atoms with Crippen LogP contribution in [0.2, 0.25) is 0 Å². The summed E-state index contributed by atoms with van der Waals surface area (Å²) in [7, 11) is 0. The Bertz CT molecular complexity index is 907. The standard InChI is InChI=1S/C24H29N3O2S/c28-22-8-5-7-21(17-22)27-14-12-26(13-15-27)11-4-3-10-25-24(29)20-16-19-6-1-2-9-23(19)30-18-20/h1-2,5-9,16-17,28H,3-4,10-15,18H2,(H,25,29). The molecule has 0 aromatic heterocycles. The highest BCUT2D eigenvalue weighted by Gasteiger charge is 2.18. The van der Waals surface area contributed by atoms with Gasteiger partial charge in [-0.15, -0.1) is 11.8 Å². The van der Waals surface area contributed by atoms with Crippen molar-refractivity contribution in [1.29, 1.82) is 0 Å². The molecule has 6 heteroatoms. The molecule has 1 saturated heterocycles. The lowest BCUT2D eigenvalue weighted by atomic mass is 10.1. The van der Waals surface area contributed by atoms with Gasteiger partial charge in [-0.05, 0) is 49.2 Å². The van der Waals surface area contributed by atoms with Crippen LogP contribution in [0.3, 0.4) is 0 Å². The number of rotatable bonds is 7. The fourth-order valence-corrected chi connectivity index (χ4v) is 4.94. The average Bonchev–Trinajstić information content (AvgIpc) is 2.79. The Labute approximate surface area is 182 Å². The largest absolute Gasteiger partial charge is 0.508 e. The Hall–Kier alpha value is -2.44. The predicted molar refractivity (Wildman–Crippen MR) is 124 cm³/mol. The summed E-state index contributed by atoms with van der Waals surface area (Å²) in [5, 5.41) is 12.7. The summed E-state index contributed by atoms with van der Waals surface area (Å²) in [6.07, 6.45) is 4.10. The highest BCUT2D eigenvalue weighted by Crippen LogP contribution is 2.31. The number of carbonyl (C=O) groups excluding carboxylic acids is 1. The first-order chi connectivity index (χ1) is 14.7. The number of piperazine rings is 1. The third kappa shape index (κ3) is 5.37. The molecular formula is C24H29N3O2S. The first-order valence-corrected chi connectivity index (χ1v) is 11.6. The van der Waals surface area contributed by atoms with Crippen LogP contribution in [0.4, 0.5) is 5.69 Å². The van der Waals surface area contributed by atoms with E-state index >= 15 is 0 Å². The van der Waals surface area contributed by atoms with E-state index in [2.05, 4.69) is 33.3 Å². The molecule has 0 radical (unpaired) electrons. The van der Waals surface area contributed by atoms with Gasteiger partial charge >= 0.3 is 0 Å². The molecule has 2 aromatic rings. The van der Waals surface area contributed by atoms with Gasteiger partial charge < -0.3 is 15.3 Å². The van der Waals surface area contributed by atoms with Crippen molar-refractivity contribution in [3.05, 3.63) is 59.7 Å². The van der Waals surface area contributed by atoms with Crippen molar-refractivity contribution in [3.63, 3.8) is 0 Å². The van der Waals surface area contributed by atoms with Gasteiger partial charge in [0.1, 0.15) is 5.75 Å². The normalized spacial score (nSPS) is 16.7. The zero-order valence-electron chi connectivity index (χ0n) is 17.2. The molecule has 0 saturated carbocycles. The molecule has 2 aromatic carbocycles. The number of phenolic OH excluding ortho intramolecular Hbond substituents is 1. The number of amides is 1. The fraction of sp³-hybridized carbons (Fsp3) is 0.375. The zero-order chi connectivity index (χ0) is 20.8. The van der Waals surface area contributed by atoms with Gasteiger partial charge in [0.25, 0.3) is 0 Å². The Morgan fingerprint density at radius 3 is 2.70 bits per heavy atom. The van der Waals surface area contributed by atoms with Gasteiger partial charge in [-0.25, -0.2) is 0 Å². The number of nitrogens with zero attached hydrogens (tertiary/aromatic N) is 2. The lowest BCUT2D eigenvalue weighted by molar-refractivity contribution is -0.117. The fourth-order valence-electron chi connectivity index (χ4n) is 3.94. The predicted octanol–water partition coefficient (Wildman–Crippen LogP) is 3.60. The molecule has 1 fully saturated rings. The minimum absolute atomic E-state index is 0.0664. The third-order valence-corrected chi connectivity index (χ3v) is 6.82. The second-order valence-electron chi connectivity index (χ2n) is 7.81. The molecule has 5 nitrogen and oxygen atoms in total. The van der Waals surface area contributed by atoms with Gasteiger partial charge in [0.05, 0.1) is 0 Å². The number of thioether (sulfide) groups is 1. The first kappa shape index (κ1) is 20.8. The van der Waals surface area contributed by atoms with Gasteiger partial charge in [0, 0.05) is 60.7 Å². The lowest BCUT2D eigenvalue weighted by Gasteiger charge is -2.36. The summed E-state index contributed by atoms with van der Waals surface area (Å²) < 4.78 is 0. The van der Waals surface area contributed by atoms with Gasteiger partial charge in [-0.2, -0.15) is 0 Å². The number of nitrogens with one attached hydrogen (secondary N) is 1. The monoisotopic (exact) mass is 423 g/mol. The second-order valence-corrected chi connectivity index (χ2v) is 8.82. The molecule has 158 valence electrons. The van der Waals surface area contributed by atoms with Crippen molar-refractivity contribution in [2.75, 3.05) is 49.9 Å². The lowest BCUT2D eigenvalue weighted by Crippen LogP contribution is -2.46. The number of hydrogen-bond acceptors (Lipinski definition) is 5. The average molecular weight is 424 g/mol. The van der Waals surface area contributed by atoms with E-state index in [1.54, 1.807) is 17.8 Å². The molecule has 2 aliphatic heterocycles. The van der Waals surface area contributed by atoms with Crippen LogP contribution >= 0.6 is 11.8 Å². The van der Waals surface area contributed by atoms with Gasteiger partial charge in [0.15, 0.2) is 0 Å². The quantitative estimate of drug-likeness (QED) is 0.667. The Morgan fingerprint density at radius 2 is 1.87 bits per heavy atom. The summed E-state index contributed by atoms with van der Waals surface area (Å²) in [6, 6.07) is 15.7. The molecule has 0 unspecified atom stereocenters. The minimum atomic E-state index is 0.0664. The molecule has 2 heterocycles. The summed E-state index contributed by atoms with van der Waals surface area (Å²) in [5.74, 6) is 1.13. The number of benzene rings is 2. The molecule has 0 aliphatic carbocycles. The molecule has 4 rings (SSSR count). The van der Waals surface area contributed by atoms with Gasteiger partial charge in [-0.3, -0.25) is 9.69 Å². The van der Waals surface area contributed by atoms with Crippen molar-refractivity contribution in [1.82, 2.24) is 10.2 Å². The van der Waals surface area contributed by atoms with E-state index < -0.39 is 0 Å². The number of phenols is 1. The molecule has 30 heavy (non-hydrogen) atoms. The highest BCUT2D eigenvalue weighted by molar-refractivity contribution is 7.99. The summed E-state index contributed by atoms with van der Waals surface area (Å²) in [6.45, 7) is 5.82. The number of fused-ring (bicyclic) bond motifs is 1. The van der Waals surface area contributed by atoms with Crippen molar-refractivity contribution >= 4 is 29.4 Å². The van der Waals surface area contributed by atoms with Crippen LogP contribution in [0.1, 0.15) is 18.4 Å². The molecule has 1 amide bonds. The number of anilines is 1. The first-order valence-electron chi connectivity index (χ1n) is 10.7. The maximum atomic E-state index is 12.4. The van der Waals surface area contributed by atoms with Crippen LogP contribution in [0.25, 0.3) is 6.08 Å². The molecule has 0 bridgehead atoms. The van der Waals surface area contributed by atoms with E-state index in [9.17, 15) is 9.90 Å². The van der Waals surface area contributed by atoms with E-state index in [4.69, 9.17) is 0 Å². The summed E-state index contributed by atoms with van der Waals surface area (Å²) >= 11 is 1.73. The van der Waals surface area contributed by atoms with Crippen molar-refractivity contribution in [3.8, 4) is 5.75 Å². The Morgan fingerprint density at radius 1 is 1.03 bits per heavy atom. The number of carbonyl (C=O) groups is 1. The summed E-state index contributed by atoms with van der Waals surface area (Å²) in [5.41, 5.74) is 3.10. The maximum Gasteiger partial charge on any atom is 0.248 e. The van der Waals surface area contributed by atoms with Crippen LogP contribution in [-0.4, -0.2) is 60.9 Å². The zero-order valence-corrected chi connectivity index (χ0v) is 18.0. The van der Waals surface area contributed by atoms with Crippen LogP contribution < -0.4 is 10.2 Å². The van der Waals surface area contributed by atoms with Crippen LogP contribution in [0.5, 0.6) is 5.75 Å². The second kappa shape index (κ2) is 10.0. The third-order valence-electron chi connectivity index (χ3n) is 5.68. The highest BCUT2D eigenvalue weighted by atomic mass is 32.2. The van der Waals surface area contributed by atoms with Crippen molar-refractivity contribution < 1.29 is 9.90 Å². The SMILES string of the molecule is O=C(NCCCCN1CCN(c2cccc(O)c2)CC1)C1=Cc2ccccc2SC1. The molecule has 0 spiro atoms. The number of unbranched alkanes of at least 4 members (excludes halogenated alkanes) is 1. The number of hydrogen-bond donors (Lipinski definition) is 2. The molecular weight excluding hydrogens is 394 g/mol. The van der Waals surface area contributed by atoms with Crippen molar-refractivity contribution in [2.45, 2.75) is 17.7 Å². The molecule has 2 aliphatic rings. The van der Waals surface area contributed by atoms with Crippen LogP contribution in [-0.2, 0) is 4.79 Å². The van der Waals surface area contributed by atoms with Gasteiger partial charge in [-0.1, -0.05) is 24.3 Å². The Kier molecular flexibility index (Phi) is 6.97. The van der Waals surface area contributed by atoms with E-state index in [0.29, 0.717) is 5.75 Å². The van der Waals surface area contributed by atoms with Gasteiger partial charge in [0.2, 0.25) is 5.91 Å². The van der Waals surface area contributed by atoms with E-state index in [0.717, 1.165) is 74.7 Å². The maximum absolute atomic E-state index is 12.4. The minimum Gasteiger partial charge on any atom is -0.508 e. The van der Waals surface area contributed by atoms with Crippen LogP contribution in [0, 0.1) is 0 Å². The van der Waals surface area contributed by atoms with Crippen LogP contribution in [0.15, 0.2) is 59.0 Å². The smallest absolute Gasteiger partial charge is 0.248 e. The van der Waals surface area contributed by atoms with E-state index in [1.807, 2.05) is 30.3 Å². The molecule has 0 atom stereocenters. The molecule has 2 N–H and O–H groups in total. The summed E-state index contributed by atoms with van der Waals surface area (Å²) in [4.78, 5) is 18.5. The van der Waals surface area contributed by atoms with Crippen molar-refractivity contribution in [2.24, 2.45) is 0 Å².